The van der Waals surface area contributed by atoms with Gasteiger partial charge in [-0.05, 0) is 13.3 Å². The van der Waals surface area contributed by atoms with E-state index < -0.39 is 5.60 Å². The second-order valence-electron chi connectivity index (χ2n) is 5.26. The van der Waals surface area contributed by atoms with Crippen molar-refractivity contribution in [2.75, 3.05) is 20.2 Å². The van der Waals surface area contributed by atoms with Crippen LogP contribution in [0.4, 0.5) is 0 Å². The Morgan fingerprint density at radius 3 is 2.78 bits per heavy atom. The van der Waals surface area contributed by atoms with Gasteiger partial charge in [-0.1, -0.05) is 13.3 Å². The van der Waals surface area contributed by atoms with E-state index in [9.17, 15) is 5.11 Å². The number of hydrogen-bond acceptors (Lipinski definition) is 4. The highest BCUT2D eigenvalue weighted by atomic mass is 16.5. The highest BCUT2D eigenvalue weighted by Crippen LogP contribution is 2.27. The molecule has 18 heavy (non-hydrogen) atoms. The van der Waals surface area contributed by atoms with Crippen LogP contribution in [-0.4, -0.2) is 40.8 Å². The first-order chi connectivity index (χ1) is 8.54. The maximum absolute atomic E-state index is 10.1. The number of nitrogens with zero attached hydrogens (tertiary/aromatic N) is 2. The van der Waals surface area contributed by atoms with Gasteiger partial charge in [-0.3, -0.25) is 9.88 Å². The highest BCUT2D eigenvalue weighted by Gasteiger charge is 2.39. The van der Waals surface area contributed by atoms with Crippen LogP contribution in [0.25, 0.3) is 0 Å². The van der Waals surface area contributed by atoms with Gasteiger partial charge in [0.25, 0.3) is 0 Å². The second-order valence-corrected chi connectivity index (χ2v) is 5.26. The van der Waals surface area contributed by atoms with Gasteiger partial charge in [0.2, 0.25) is 0 Å². The van der Waals surface area contributed by atoms with Crippen molar-refractivity contribution >= 4 is 0 Å². The number of aromatic nitrogens is 1. The zero-order valence-electron chi connectivity index (χ0n) is 11.4. The molecular weight excluding hydrogens is 228 g/mol. The molecule has 1 aromatic heterocycles. The van der Waals surface area contributed by atoms with E-state index >= 15 is 0 Å². The van der Waals surface area contributed by atoms with Gasteiger partial charge in [0.15, 0.2) is 0 Å². The summed E-state index contributed by atoms with van der Waals surface area (Å²) in [5, 5.41) is 10.1. The smallest absolute Gasteiger partial charge is 0.122 e. The SMILES string of the molecule is CCCC1(O)CN(Cc2cc(OC)cc(C)n2)C1. The van der Waals surface area contributed by atoms with Crippen molar-refractivity contribution in [3.8, 4) is 5.75 Å². The average Bonchev–Trinajstić information content (AvgIpc) is 2.26. The molecule has 1 aliphatic heterocycles. The molecule has 0 amide bonds. The van der Waals surface area contributed by atoms with E-state index in [0.717, 1.165) is 49.6 Å². The molecule has 0 aromatic carbocycles. The monoisotopic (exact) mass is 250 g/mol. The summed E-state index contributed by atoms with van der Waals surface area (Å²) in [5.74, 6) is 0.849. The number of pyridine rings is 1. The number of aliphatic hydroxyl groups is 1. The van der Waals surface area contributed by atoms with Crippen LogP contribution in [0.3, 0.4) is 0 Å². The number of methoxy groups -OCH3 is 1. The third-order valence-corrected chi connectivity index (χ3v) is 3.35. The standard InChI is InChI=1S/C14H22N2O2/c1-4-5-14(17)9-16(10-14)8-12-7-13(18-3)6-11(2)15-12/h6-7,17H,4-5,8-10H2,1-3H3. The largest absolute Gasteiger partial charge is 0.497 e. The van der Waals surface area contributed by atoms with Crippen LogP contribution < -0.4 is 4.74 Å². The molecule has 1 aliphatic rings. The molecule has 100 valence electrons. The summed E-state index contributed by atoms with van der Waals surface area (Å²) in [6.07, 6.45) is 1.91. The molecule has 0 spiro atoms. The van der Waals surface area contributed by atoms with Crippen molar-refractivity contribution in [1.82, 2.24) is 9.88 Å². The van der Waals surface area contributed by atoms with E-state index in [1.165, 1.54) is 0 Å². The van der Waals surface area contributed by atoms with Crippen LogP contribution in [0.15, 0.2) is 12.1 Å². The van der Waals surface area contributed by atoms with Gasteiger partial charge in [-0.15, -0.1) is 0 Å². The molecular formula is C14H22N2O2. The van der Waals surface area contributed by atoms with Crippen molar-refractivity contribution < 1.29 is 9.84 Å². The fourth-order valence-corrected chi connectivity index (χ4v) is 2.65. The topological polar surface area (TPSA) is 45.6 Å². The third-order valence-electron chi connectivity index (χ3n) is 3.35. The molecule has 4 nitrogen and oxygen atoms in total. The maximum Gasteiger partial charge on any atom is 0.122 e. The lowest BCUT2D eigenvalue weighted by Gasteiger charge is -2.46. The summed E-state index contributed by atoms with van der Waals surface area (Å²) in [6, 6.07) is 3.89. The predicted molar refractivity (Wildman–Crippen MR) is 70.7 cm³/mol. The van der Waals surface area contributed by atoms with E-state index in [4.69, 9.17) is 4.74 Å². The summed E-state index contributed by atoms with van der Waals surface area (Å²) < 4.78 is 5.24. The molecule has 1 fully saturated rings. The maximum atomic E-state index is 10.1. The highest BCUT2D eigenvalue weighted by molar-refractivity contribution is 5.26. The minimum Gasteiger partial charge on any atom is -0.497 e. The van der Waals surface area contributed by atoms with E-state index in [0.29, 0.717) is 0 Å². The van der Waals surface area contributed by atoms with Crippen molar-refractivity contribution in [2.24, 2.45) is 0 Å². The van der Waals surface area contributed by atoms with Gasteiger partial charge in [-0.2, -0.15) is 0 Å². The first-order valence-electron chi connectivity index (χ1n) is 6.51. The lowest BCUT2D eigenvalue weighted by molar-refractivity contribution is -0.107. The van der Waals surface area contributed by atoms with E-state index in [1.807, 2.05) is 19.1 Å². The Morgan fingerprint density at radius 1 is 1.44 bits per heavy atom. The second kappa shape index (κ2) is 5.24. The zero-order chi connectivity index (χ0) is 13.2. The zero-order valence-corrected chi connectivity index (χ0v) is 11.4. The fourth-order valence-electron chi connectivity index (χ4n) is 2.65. The number of β-amino-alcohol motifs (C(OH)–C–C–N with tert-alkyl or cyclic N) is 1. The summed E-state index contributed by atoms with van der Waals surface area (Å²) in [5.41, 5.74) is 1.50. The molecule has 2 heterocycles. The van der Waals surface area contributed by atoms with Crippen LogP contribution >= 0.6 is 0 Å². The van der Waals surface area contributed by atoms with Crippen LogP contribution in [0.5, 0.6) is 5.75 Å². The summed E-state index contributed by atoms with van der Waals surface area (Å²) in [6.45, 7) is 6.35. The number of hydrogen-bond donors (Lipinski definition) is 1. The first kappa shape index (κ1) is 13.3. The quantitative estimate of drug-likeness (QED) is 0.864. The van der Waals surface area contributed by atoms with E-state index in [1.54, 1.807) is 7.11 Å². The van der Waals surface area contributed by atoms with Crippen LogP contribution in [0.2, 0.25) is 0 Å². The predicted octanol–water partition coefficient (Wildman–Crippen LogP) is 1.75. The van der Waals surface area contributed by atoms with E-state index in [-0.39, 0.29) is 0 Å². The fraction of sp³-hybridized carbons (Fsp3) is 0.643. The molecule has 0 bridgehead atoms. The number of rotatable bonds is 5. The summed E-state index contributed by atoms with van der Waals surface area (Å²) >= 11 is 0. The Bertz CT molecular complexity index is 414. The number of likely N-dealkylation sites (tertiary alicyclic amines) is 1. The lowest BCUT2D eigenvalue weighted by atomic mass is 9.89. The normalized spacial score (nSPS) is 18.4. The molecule has 0 saturated carbocycles. The Morgan fingerprint density at radius 2 is 2.17 bits per heavy atom. The third kappa shape index (κ3) is 3.00. The molecule has 1 aromatic rings. The van der Waals surface area contributed by atoms with Gasteiger partial charge >= 0.3 is 0 Å². The van der Waals surface area contributed by atoms with Gasteiger partial charge in [0, 0.05) is 37.5 Å². The molecule has 0 radical (unpaired) electrons. The van der Waals surface area contributed by atoms with Crippen LogP contribution in [0, 0.1) is 6.92 Å². The molecule has 0 unspecified atom stereocenters. The average molecular weight is 250 g/mol. The van der Waals surface area contributed by atoms with E-state index in [2.05, 4.69) is 16.8 Å². The molecule has 1 N–H and O–H groups in total. The van der Waals surface area contributed by atoms with Crippen molar-refractivity contribution in [3.63, 3.8) is 0 Å². The minimum absolute atomic E-state index is 0.470. The first-order valence-corrected chi connectivity index (χ1v) is 6.51. The molecule has 0 atom stereocenters. The minimum atomic E-state index is -0.470. The van der Waals surface area contributed by atoms with Gasteiger partial charge < -0.3 is 9.84 Å². The van der Waals surface area contributed by atoms with Gasteiger partial charge in [-0.25, -0.2) is 0 Å². The summed E-state index contributed by atoms with van der Waals surface area (Å²) in [4.78, 5) is 6.71. The van der Waals surface area contributed by atoms with Crippen molar-refractivity contribution in [2.45, 2.75) is 38.8 Å². The van der Waals surface area contributed by atoms with Crippen molar-refractivity contribution in [3.05, 3.63) is 23.5 Å². The Kier molecular flexibility index (Phi) is 3.88. The molecule has 0 aliphatic carbocycles. The summed E-state index contributed by atoms with van der Waals surface area (Å²) in [7, 11) is 1.67. The Balaban J connectivity index is 1.94. The molecule has 2 rings (SSSR count). The van der Waals surface area contributed by atoms with Gasteiger partial charge in [0.1, 0.15) is 5.75 Å². The molecule has 1 saturated heterocycles. The Hall–Kier alpha value is -1.13. The number of aryl methyl sites for hydroxylation is 1. The van der Waals surface area contributed by atoms with Crippen molar-refractivity contribution in [1.29, 1.82) is 0 Å². The lowest BCUT2D eigenvalue weighted by Crippen LogP contribution is -2.61. The Labute approximate surface area is 109 Å². The number of ether oxygens (including phenoxy) is 1. The molecule has 4 heteroatoms. The van der Waals surface area contributed by atoms with Crippen LogP contribution in [0.1, 0.15) is 31.2 Å². The van der Waals surface area contributed by atoms with Gasteiger partial charge in [0.05, 0.1) is 18.4 Å². The van der Waals surface area contributed by atoms with Crippen LogP contribution in [-0.2, 0) is 6.54 Å².